The van der Waals surface area contributed by atoms with Crippen LogP contribution in [0.15, 0.2) is 47.3 Å². The van der Waals surface area contributed by atoms with Gasteiger partial charge < -0.3 is 10.6 Å². The summed E-state index contributed by atoms with van der Waals surface area (Å²) in [5.74, 6) is -0.341. The van der Waals surface area contributed by atoms with E-state index in [-0.39, 0.29) is 42.8 Å². The topological polar surface area (TPSA) is 93.1 Å². The Hall–Kier alpha value is -3.48. The molecule has 2 amide bonds. The second-order valence-corrected chi connectivity index (χ2v) is 8.80. The van der Waals surface area contributed by atoms with Gasteiger partial charge in [-0.05, 0) is 49.9 Å². The van der Waals surface area contributed by atoms with Crippen LogP contribution in [0.4, 0.5) is 5.69 Å². The molecular weight excluding hydrogens is 416 g/mol. The number of anilines is 1. The standard InChI is InChI=1S/C26H30N4O3/c1-17-8-7-9-18(2)25(17)29-24(32)16-30-22-13-6-5-12-20(22)28-21(26(30)33)14-15-23(31)27-19-10-3-4-11-19/h5-9,12-13,19H,3-4,10-11,14-16H2,1-2H3,(H,27,31)(H,29,32). The van der Waals surface area contributed by atoms with Crippen LogP contribution >= 0.6 is 0 Å². The van der Waals surface area contributed by atoms with Gasteiger partial charge in [0.2, 0.25) is 11.8 Å². The Labute approximate surface area is 193 Å². The third kappa shape index (κ3) is 5.30. The van der Waals surface area contributed by atoms with Crippen molar-refractivity contribution < 1.29 is 9.59 Å². The van der Waals surface area contributed by atoms with Gasteiger partial charge in [0.05, 0.1) is 11.0 Å². The lowest BCUT2D eigenvalue weighted by atomic mass is 10.1. The van der Waals surface area contributed by atoms with Gasteiger partial charge >= 0.3 is 0 Å². The SMILES string of the molecule is Cc1cccc(C)c1NC(=O)Cn1c(=O)c(CCC(=O)NC2CCCC2)nc2ccccc21. The molecule has 0 atom stereocenters. The first kappa shape index (κ1) is 22.7. The van der Waals surface area contributed by atoms with Crippen LogP contribution in [0.2, 0.25) is 0 Å². The second kappa shape index (κ2) is 9.98. The molecule has 0 spiro atoms. The van der Waals surface area contributed by atoms with Crippen molar-refractivity contribution in [1.29, 1.82) is 0 Å². The Bertz CT molecular complexity index is 1220. The summed E-state index contributed by atoms with van der Waals surface area (Å²) in [7, 11) is 0. The Morgan fingerprint density at radius 2 is 1.70 bits per heavy atom. The Morgan fingerprint density at radius 3 is 2.42 bits per heavy atom. The van der Waals surface area contributed by atoms with Crippen molar-refractivity contribution >= 4 is 28.5 Å². The largest absolute Gasteiger partial charge is 0.353 e. The van der Waals surface area contributed by atoms with E-state index in [1.54, 1.807) is 6.07 Å². The average molecular weight is 447 g/mol. The zero-order valence-electron chi connectivity index (χ0n) is 19.2. The number of rotatable bonds is 7. The Morgan fingerprint density at radius 1 is 1.00 bits per heavy atom. The molecule has 172 valence electrons. The lowest BCUT2D eigenvalue weighted by Gasteiger charge is -2.15. The van der Waals surface area contributed by atoms with Crippen LogP contribution < -0.4 is 16.2 Å². The molecule has 2 N–H and O–H groups in total. The zero-order chi connectivity index (χ0) is 23.4. The van der Waals surface area contributed by atoms with Crippen LogP contribution in [0.25, 0.3) is 11.0 Å². The first-order valence-electron chi connectivity index (χ1n) is 11.6. The van der Waals surface area contributed by atoms with E-state index in [1.165, 1.54) is 4.57 Å². The van der Waals surface area contributed by atoms with Crippen LogP contribution in [-0.4, -0.2) is 27.4 Å². The van der Waals surface area contributed by atoms with Gasteiger partial charge in [-0.2, -0.15) is 0 Å². The van der Waals surface area contributed by atoms with Crippen molar-refractivity contribution in [2.24, 2.45) is 0 Å². The minimum absolute atomic E-state index is 0.0596. The van der Waals surface area contributed by atoms with E-state index in [1.807, 2.05) is 50.2 Å². The molecule has 4 rings (SSSR count). The lowest BCUT2D eigenvalue weighted by Crippen LogP contribution is -2.34. The molecule has 7 nitrogen and oxygen atoms in total. The molecule has 0 saturated heterocycles. The van der Waals surface area contributed by atoms with Crippen molar-refractivity contribution in [1.82, 2.24) is 14.9 Å². The Kier molecular flexibility index (Phi) is 6.87. The summed E-state index contributed by atoms with van der Waals surface area (Å²) >= 11 is 0. The van der Waals surface area contributed by atoms with E-state index in [4.69, 9.17) is 0 Å². The fourth-order valence-corrected chi connectivity index (χ4v) is 4.50. The molecule has 0 aliphatic heterocycles. The smallest absolute Gasteiger partial charge is 0.273 e. The van der Waals surface area contributed by atoms with Gasteiger partial charge in [-0.25, -0.2) is 4.98 Å². The maximum Gasteiger partial charge on any atom is 0.273 e. The summed E-state index contributed by atoms with van der Waals surface area (Å²) < 4.78 is 1.45. The fourth-order valence-electron chi connectivity index (χ4n) is 4.50. The first-order valence-corrected chi connectivity index (χ1v) is 11.6. The number of hydrogen-bond acceptors (Lipinski definition) is 4. The number of carbonyl (C=O) groups is 2. The van der Waals surface area contributed by atoms with Gasteiger partial charge in [0.25, 0.3) is 5.56 Å². The number of nitrogens with one attached hydrogen (secondary N) is 2. The van der Waals surface area contributed by atoms with Crippen LogP contribution in [0.1, 0.15) is 48.9 Å². The molecule has 0 unspecified atom stereocenters. The van der Waals surface area contributed by atoms with Crippen molar-refractivity contribution in [2.75, 3.05) is 5.32 Å². The van der Waals surface area contributed by atoms with Gasteiger partial charge in [0.15, 0.2) is 0 Å². The van der Waals surface area contributed by atoms with Crippen molar-refractivity contribution in [3.05, 3.63) is 69.6 Å². The van der Waals surface area contributed by atoms with Crippen LogP contribution in [-0.2, 0) is 22.6 Å². The molecule has 1 aromatic heterocycles. The number of amides is 2. The van der Waals surface area contributed by atoms with E-state index in [0.29, 0.717) is 16.7 Å². The highest BCUT2D eigenvalue weighted by Gasteiger charge is 2.19. The Balaban J connectivity index is 1.55. The first-order chi connectivity index (χ1) is 15.9. The fraction of sp³-hybridized carbons (Fsp3) is 0.385. The molecule has 1 fully saturated rings. The lowest BCUT2D eigenvalue weighted by molar-refractivity contribution is -0.121. The number of carbonyl (C=O) groups excluding carboxylic acids is 2. The number of aryl methyl sites for hydroxylation is 3. The molecule has 33 heavy (non-hydrogen) atoms. The maximum atomic E-state index is 13.3. The molecule has 1 aliphatic rings. The summed E-state index contributed by atoms with van der Waals surface area (Å²) in [5, 5.41) is 6.00. The molecule has 2 aromatic carbocycles. The van der Waals surface area contributed by atoms with E-state index in [2.05, 4.69) is 15.6 Å². The number of fused-ring (bicyclic) bond motifs is 1. The van der Waals surface area contributed by atoms with Gasteiger partial charge in [0, 0.05) is 24.6 Å². The van der Waals surface area contributed by atoms with Gasteiger partial charge in [-0.3, -0.25) is 19.0 Å². The summed E-state index contributed by atoms with van der Waals surface area (Å²) in [6, 6.07) is 13.3. The predicted molar refractivity (Wildman–Crippen MR) is 129 cm³/mol. The van der Waals surface area contributed by atoms with E-state index in [9.17, 15) is 14.4 Å². The molecule has 1 aliphatic carbocycles. The van der Waals surface area contributed by atoms with Crippen molar-refractivity contribution in [2.45, 2.75) is 65.0 Å². The van der Waals surface area contributed by atoms with Crippen LogP contribution in [0.5, 0.6) is 0 Å². The summed E-state index contributed by atoms with van der Waals surface area (Å²) in [6.45, 7) is 3.74. The number of para-hydroxylation sites is 3. The van der Waals surface area contributed by atoms with Gasteiger partial charge in [-0.1, -0.05) is 43.2 Å². The second-order valence-electron chi connectivity index (χ2n) is 8.80. The summed E-state index contributed by atoms with van der Waals surface area (Å²) in [6.07, 6.45) is 4.76. The van der Waals surface area contributed by atoms with Gasteiger partial charge in [-0.15, -0.1) is 0 Å². The van der Waals surface area contributed by atoms with Gasteiger partial charge in [0.1, 0.15) is 12.2 Å². The summed E-state index contributed by atoms with van der Waals surface area (Å²) in [4.78, 5) is 43.0. The zero-order valence-corrected chi connectivity index (χ0v) is 19.2. The molecular formula is C26H30N4O3. The summed E-state index contributed by atoms with van der Waals surface area (Å²) in [5.41, 5.74) is 3.88. The highest BCUT2D eigenvalue weighted by Crippen LogP contribution is 2.20. The minimum atomic E-state index is -0.334. The minimum Gasteiger partial charge on any atom is -0.353 e. The third-order valence-corrected chi connectivity index (χ3v) is 6.28. The molecule has 3 aromatic rings. The highest BCUT2D eigenvalue weighted by molar-refractivity contribution is 5.93. The number of nitrogens with zero attached hydrogens (tertiary/aromatic N) is 2. The van der Waals surface area contributed by atoms with E-state index < -0.39 is 0 Å². The van der Waals surface area contributed by atoms with Crippen molar-refractivity contribution in [3.63, 3.8) is 0 Å². The van der Waals surface area contributed by atoms with E-state index >= 15 is 0 Å². The molecule has 0 radical (unpaired) electrons. The average Bonchev–Trinajstić information content (AvgIpc) is 3.30. The molecule has 1 saturated carbocycles. The molecule has 7 heteroatoms. The number of aromatic nitrogens is 2. The van der Waals surface area contributed by atoms with E-state index in [0.717, 1.165) is 42.5 Å². The van der Waals surface area contributed by atoms with Crippen LogP contribution in [0, 0.1) is 13.8 Å². The molecule has 1 heterocycles. The van der Waals surface area contributed by atoms with Crippen LogP contribution in [0.3, 0.4) is 0 Å². The molecule has 0 bridgehead atoms. The monoisotopic (exact) mass is 446 g/mol. The third-order valence-electron chi connectivity index (χ3n) is 6.28. The maximum absolute atomic E-state index is 13.3. The predicted octanol–water partition coefficient (Wildman–Crippen LogP) is 3.64. The number of hydrogen-bond donors (Lipinski definition) is 2. The van der Waals surface area contributed by atoms with Crippen molar-refractivity contribution in [3.8, 4) is 0 Å². The highest BCUT2D eigenvalue weighted by atomic mass is 16.2. The normalized spacial score (nSPS) is 13.9. The number of benzene rings is 2. The quantitative estimate of drug-likeness (QED) is 0.579.